The van der Waals surface area contributed by atoms with Crippen molar-refractivity contribution in [2.45, 2.75) is 0 Å². The van der Waals surface area contributed by atoms with Crippen molar-refractivity contribution in [2.75, 3.05) is 18.9 Å². The topological polar surface area (TPSA) is 62.3 Å². The van der Waals surface area contributed by atoms with Gasteiger partial charge in [-0.25, -0.2) is 0 Å². The zero-order valence-corrected chi connectivity index (χ0v) is 11.4. The Labute approximate surface area is 113 Å². The first-order valence-corrected chi connectivity index (χ1v) is 6.33. The maximum absolute atomic E-state index is 5.99. The molecule has 2 aromatic rings. The molecule has 0 unspecified atom stereocenters. The van der Waals surface area contributed by atoms with Crippen LogP contribution in [0.1, 0.15) is 0 Å². The Morgan fingerprint density at radius 2 is 1.89 bits per heavy atom. The van der Waals surface area contributed by atoms with Gasteiger partial charge in [-0.15, -0.1) is 0 Å². The summed E-state index contributed by atoms with van der Waals surface area (Å²) in [6.45, 7) is 1.14. The number of rotatable bonds is 1. The van der Waals surface area contributed by atoms with Crippen LogP contribution in [0.2, 0.25) is 0 Å². The van der Waals surface area contributed by atoms with E-state index in [-0.39, 0.29) is 0 Å². The minimum atomic E-state index is 0.566. The molecule has 0 radical (unpaired) electrons. The van der Waals surface area contributed by atoms with Gasteiger partial charge in [0.1, 0.15) is 19.0 Å². The largest absolute Gasteiger partial charge is 0.486 e. The van der Waals surface area contributed by atoms with E-state index in [4.69, 9.17) is 15.2 Å². The monoisotopic (exact) mass is 309 g/mol. The van der Waals surface area contributed by atoms with Crippen molar-refractivity contribution in [1.29, 1.82) is 0 Å². The van der Waals surface area contributed by atoms with E-state index in [1.165, 1.54) is 0 Å². The van der Waals surface area contributed by atoms with E-state index in [9.17, 15) is 0 Å². The zero-order chi connectivity index (χ0) is 12.7. The van der Waals surface area contributed by atoms with Gasteiger partial charge < -0.3 is 15.2 Å². The molecule has 0 atom stereocenters. The number of anilines is 1. The molecule has 0 amide bonds. The molecule has 1 aromatic carbocycles. The molecular weight excluding hydrogens is 298 g/mol. The maximum atomic E-state index is 5.99. The Balaban J connectivity index is 2.15. The number of fused-ring (bicyclic) bond motifs is 1. The van der Waals surface area contributed by atoms with Crippen molar-refractivity contribution < 1.29 is 9.47 Å². The first kappa shape index (κ1) is 11.4. The highest BCUT2D eigenvalue weighted by atomic mass is 79.9. The number of nitrogens with zero attached hydrogens (tertiary/aromatic N) is 2. The number of aryl methyl sites for hydroxylation is 1. The minimum Gasteiger partial charge on any atom is -0.486 e. The first-order chi connectivity index (χ1) is 8.66. The van der Waals surface area contributed by atoms with E-state index in [1.54, 1.807) is 10.9 Å². The molecule has 0 saturated heterocycles. The number of benzene rings is 1. The molecule has 0 aliphatic carbocycles. The molecule has 0 spiro atoms. The predicted molar refractivity (Wildman–Crippen MR) is 71.7 cm³/mol. The molecule has 0 saturated carbocycles. The summed E-state index contributed by atoms with van der Waals surface area (Å²) in [6, 6.07) is 3.82. The highest BCUT2D eigenvalue weighted by Crippen LogP contribution is 2.41. The average molecular weight is 310 g/mol. The second-order valence-corrected chi connectivity index (χ2v) is 4.90. The third kappa shape index (κ3) is 1.73. The lowest BCUT2D eigenvalue weighted by atomic mass is 10.1. The van der Waals surface area contributed by atoms with Crippen molar-refractivity contribution in [3.05, 3.63) is 22.8 Å². The molecule has 1 aliphatic rings. The van der Waals surface area contributed by atoms with E-state index < -0.39 is 0 Å². The summed E-state index contributed by atoms with van der Waals surface area (Å²) in [5.74, 6) is 2.11. The van der Waals surface area contributed by atoms with Gasteiger partial charge in [-0.2, -0.15) is 5.10 Å². The van der Waals surface area contributed by atoms with E-state index in [0.29, 0.717) is 19.0 Å². The summed E-state index contributed by atoms with van der Waals surface area (Å²) in [4.78, 5) is 0. The molecule has 94 valence electrons. The van der Waals surface area contributed by atoms with Gasteiger partial charge in [-0.3, -0.25) is 4.68 Å². The highest BCUT2D eigenvalue weighted by molar-refractivity contribution is 9.10. The van der Waals surface area contributed by atoms with Crippen molar-refractivity contribution in [3.63, 3.8) is 0 Å². The number of nitrogens with two attached hydrogens (primary N) is 1. The molecule has 3 rings (SSSR count). The van der Waals surface area contributed by atoms with E-state index >= 15 is 0 Å². The SMILES string of the molecule is Cn1ncc(-c2cc3c(cc2Br)OCCO3)c1N. The Bertz CT molecular complexity index is 610. The number of hydrogen-bond acceptors (Lipinski definition) is 4. The lowest BCUT2D eigenvalue weighted by molar-refractivity contribution is 0.171. The van der Waals surface area contributed by atoms with Gasteiger partial charge in [0.2, 0.25) is 0 Å². The van der Waals surface area contributed by atoms with Gasteiger partial charge in [0.25, 0.3) is 0 Å². The molecule has 1 aromatic heterocycles. The van der Waals surface area contributed by atoms with Crippen molar-refractivity contribution in [1.82, 2.24) is 9.78 Å². The molecule has 6 heteroatoms. The summed E-state index contributed by atoms with van der Waals surface area (Å²) in [5.41, 5.74) is 7.81. The van der Waals surface area contributed by atoms with Gasteiger partial charge in [-0.05, 0) is 12.1 Å². The van der Waals surface area contributed by atoms with Crippen LogP contribution >= 0.6 is 15.9 Å². The quantitative estimate of drug-likeness (QED) is 0.877. The Hall–Kier alpha value is -1.69. The smallest absolute Gasteiger partial charge is 0.162 e. The third-order valence-corrected chi connectivity index (χ3v) is 3.56. The fourth-order valence-corrected chi connectivity index (χ4v) is 2.46. The van der Waals surface area contributed by atoms with Gasteiger partial charge in [0, 0.05) is 22.6 Å². The van der Waals surface area contributed by atoms with Gasteiger partial charge in [-0.1, -0.05) is 15.9 Å². The minimum absolute atomic E-state index is 0.566. The Kier molecular flexibility index (Phi) is 2.66. The molecule has 2 N–H and O–H groups in total. The summed E-state index contributed by atoms with van der Waals surface area (Å²) in [7, 11) is 1.81. The number of halogens is 1. The predicted octanol–water partition coefficient (Wildman–Crippen LogP) is 2.20. The summed E-state index contributed by atoms with van der Waals surface area (Å²) >= 11 is 3.53. The molecular formula is C12H12BrN3O2. The number of nitrogen functional groups attached to an aromatic ring is 1. The Morgan fingerprint density at radius 3 is 2.50 bits per heavy atom. The van der Waals surface area contributed by atoms with Crippen LogP contribution in [0.3, 0.4) is 0 Å². The van der Waals surface area contributed by atoms with Crippen LogP contribution in [0.25, 0.3) is 11.1 Å². The van der Waals surface area contributed by atoms with Crippen LogP contribution in [0, 0.1) is 0 Å². The van der Waals surface area contributed by atoms with Crippen LogP contribution in [0.5, 0.6) is 11.5 Å². The summed E-state index contributed by atoms with van der Waals surface area (Å²) < 4.78 is 13.6. The zero-order valence-electron chi connectivity index (χ0n) is 9.81. The van der Waals surface area contributed by atoms with Crippen molar-refractivity contribution in [3.8, 4) is 22.6 Å². The second-order valence-electron chi connectivity index (χ2n) is 4.04. The lowest BCUT2D eigenvalue weighted by Crippen LogP contribution is -2.15. The normalized spacial score (nSPS) is 13.7. The average Bonchev–Trinajstić information content (AvgIpc) is 2.69. The summed E-state index contributed by atoms with van der Waals surface area (Å²) in [6.07, 6.45) is 1.74. The molecule has 5 nitrogen and oxygen atoms in total. The third-order valence-electron chi connectivity index (χ3n) is 2.91. The molecule has 18 heavy (non-hydrogen) atoms. The van der Waals surface area contributed by atoms with Crippen LogP contribution in [-0.2, 0) is 7.05 Å². The standard InChI is InChI=1S/C12H12BrN3O2/c1-16-12(14)8(6-15-16)7-4-10-11(5-9(7)13)18-3-2-17-10/h4-6H,2-3,14H2,1H3. The fourth-order valence-electron chi connectivity index (χ4n) is 1.92. The molecule has 1 aliphatic heterocycles. The van der Waals surface area contributed by atoms with Gasteiger partial charge in [0.15, 0.2) is 11.5 Å². The van der Waals surface area contributed by atoms with E-state index in [1.807, 2.05) is 19.2 Å². The second kappa shape index (κ2) is 4.20. The van der Waals surface area contributed by atoms with Gasteiger partial charge in [0.05, 0.1) is 6.20 Å². The highest BCUT2D eigenvalue weighted by Gasteiger charge is 2.18. The van der Waals surface area contributed by atoms with Crippen LogP contribution in [0.15, 0.2) is 22.8 Å². The van der Waals surface area contributed by atoms with E-state index in [0.717, 1.165) is 27.1 Å². The number of hydrogen-bond donors (Lipinski definition) is 1. The maximum Gasteiger partial charge on any atom is 0.162 e. The van der Waals surface area contributed by atoms with Crippen LogP contribution in [-0.4, -0.2) is 23.0 Å². The fraction of sp³-hybridized carbons (Fsp3) is 0.250. The van der Waals surface area contributed by atoms with Crippen LogP contribution < -0.4 is 15.2 Å². The molecule has 0 fully saturated rings. The molecule has 2 heterocycles. The van der Waals surface area contributed by atoms with Crippen molar-refractivity contribution in [2.24, 2.45) is 7.05 Å². The number of ether oxygens (including phenoxy) is 2. The lowest BCUT2D eigenvalue weighted by Gasteiger charge is -2.19. The summed E-state index contributed by atoms with van der Waals surface area (Å²) in [5, 5.41) is 4.14. The van der Waals surface area contributed by atoms with Crippen LogP contribution in [0.4, 0.5) is 5.82 Å². The van der Waals surface area contributed by atoms with Crippen molar-refractivity contribution >= 4 is 21.7 Å². The first-order valence-electron chi connectivity index (χ1n) is 5.54. The molecule has 0 bridgehead atoms. The van der Waals surface area contributed by atoms with Gasteiger partial charge >= 0.3 is 0 Å². The Morgan fingerprint density at radius 1 is 1.22 bits per heavy atom. The number of aromatic nitrogens is 2. The van der Waals surface area contributed by atoms with E-state index in [2.05, 4.69) is 21.0 Å².